The summed E-state index contributed by atoms with van der Waals surface area (Å²) in [6.07, 6.45) is 0. The third-order valence-electron chi connectivity index (χ3n) is 3.95. The van der Waals surface area contributed by atoms with E-state index in [9.17, 15) is 0 Å². The van der Waals surface area contributed by atoms with Gasteiger partial charge in [-0.25, -0.2) is 0 Å². The standard InChI is InChI=1S/C14H32O4Si3/c1-9-21(10-2,11-13(3)19(15-5)16-6)12-14(4)20(17-7)18-8/h11-12,19-20H,9-10H2,1-8H3. The number of hydrogen-bond acceptors (Lipinski definition) is 4. The topological polar surface area (TPSA) is 36.9 Å². The molecule has 0 N–H and O–H groups in total. The van der Waals surface area contributed by atoms with Crippen molar-refractivity contribution in [1.29, 1.82) is 0 Å². The number of allylic oxidation sites excluding steroid dienone is 2. The van der Waals surface area contributed by atoms with Crippen molar-refractivity contribution in [1.82, 2.24) is 0 Å². The molecule has 4 nitrogen and oxygen atoms in total. The number of rotatable bonds is 10. The number of hydrogen-bond donors (Lipinski definition) is 0. The fourth-order valence-corrected chi connectivity index (χ4v) is 10.8. The molecule has 0 spiro atoms. The fraction of sp³-hybridized carbons (Fsp3) is 0.714. The zero-order valence-electron chi connectivity index (χ0n) is 14.9. The molecule has 0 rings (SSSR count). The highest BCUT2D eigenvalue weighted by Crippen LogP contribution is 2.24. The molecule has 0 bridgehead atoms. The molecule has 7 heteroatoms. The Morgan fingerprint density at radius 3 is 1.24 bits per heavy atom. The molecule has 0 heterocycles. The van der Waals surface area contributed by atoms with Crippen molar-refractivity contribution in [3.63, 3.8) is 0 Å². The van der Waals surface area contributed by atoms with Crippen molar-refractivity contribution in [2.75, 3.05) is 28.4 Å². The summed E-state index contributed by atoms with van der Waals surface area (Å²) in [5.41, 5.74) is 4.91. The second-order valence-corrected chi connectivity index (χ2v) is 14.8. The second kappa shape index (κ2) is 10.7. The molecular weight excluding hydrogens is 316 g/mol. The Morgan fingerprint density at radius 2 is 1.05 bits per heavy atom. The molecule has 0 amide bonds. The van der Waals surface area contributed by atoms with E-state index in [1.54, 1.807) is 28.4 Å². The van der Waals surface area contributed by atoms with E-state index in [4.69, 9.17) is 17.7 Å². The monoisotopic (exact) mass is 348 g/mol. The first-order valence-electron chi connectivity index (χ1n) is 7.43. The molecule has 0 atom stereocenters. The van der Waals surface area contributed by atoms with Gasteiger partial charge in [-0.05, 0) is 24.2 Å². The molecule has 0 fully saturated rings. The van der Waals surface area contributed by atoms with Crippen LogP contribution in [0.3, 0.4) is 0 Å². The van der Waals surface area contributed by atoms with Gasteiger partial charge < -0.3 is 17.7 Å². The lowest BCUT2D eigenvalue weighted by Crippen LogP contribution is -2.34. The van der Waals surface area contributed by atoms with E-state index < -0.39 is 26.6 Å². The highest BCUT2D eigenvalue weighted by Gasteiger charge is 2.28. The minimum absolute atomic E-state index is 1.17. The Bertz CT molecular complexity index is 316. The van der Waals surface area contributed by atoms with Crippen molar-refractivity contribution in [2.24, 2.45) is 0 Å². The quantitative estimate of drug-likeness (QED) is 0.569. The van der Waals surface area contributed by atoms with Crippen molar-refractivity contribution in [3.8, 4) is 0 Å². The maximum Gasteiger partial charge on any atom is 0.350 e. The van der Waals surface area contributed by atoms with E-state index in [2.05, 4.69) is 39.1 Å². The van der Waals surface area contributed by atoms with Crippen LogP contribution in [0.5, 0.6) is 0 Å². The van der Waals surface area contributed by atoms with Crippen LogP contribution in [0, 0.1) is 0 Å². The summed E-state index contributed by atoms with van der Waals surface area (Å²) in [5.74, 6) is 0. The minimum atomic E-state index is -1.68. The molecule has 0 saturated heterocycles. The lowest BCUT2D eigenvalue weighted by atomic mass is 10.7. The van der Waals surface area contributed by atoms with Crippen molar-refractivity contribution >= 4 is 26.6 Å². The summed E-state index contributed by atoms with van der Waals surface area (Å²) in [6.45, 7) is 8.83. The molecule has 0 aromatic carbocycles. The van der Waals surface area contributed by atoms with Gasteiger partial charge in [0.25, 0.3) is 0 Å². The third-order valence-corrected chi connectivity index (χ3v) is 12.8. The largest absolute Gasteiger partial charge is 0.397 e. The summed E-state index contributed by atoms with van der Waals surface area (Å²) in [7, 11) is 1.94. The van der Waals surface area contributed by atoms with E-state index in [-0.39, 0.29) is 0 Å². The van der Waals surface area contributed by atoms with Crippen LogP contribution in [0.25, 0.3) is 0 Å². The normalized spacial score (nSPS) is 14.4. The Balaban J connectivity index is 5.53. The van der Waals surface area contributed by atoms with Crippen LogP contribution < -0.4 is 0 Å². The molecule has 0 aliphatic heterocycles. The zero-order valence-corrected chi connectivity index (χ0v) is 18.2. The molecule has 0 saturated carbocycles. The van der Waals surface area contributed by atoms with E-state index in [0.29, 0.717) is 0 Å². The average molecular weight is 349 g/mol. The van der Waals surface area contributed by atoms with Crippen LogP contribution in [0.2, 0.25) is 12.1 Å². The third kappa shape index (κ3) is 6.31. The van der Waals surface area contributed by atoms with Crippen LogP contribution in [0.15, 0.2) is 21.8 Å². The first-order valence-corrected chi connectivity index (χ1v) is 13.0. The molecule has 0 aromatic heterocycles. The Hall–Kier alpha value is -0.0294. The maximum atomic E-state index is 5.50. The van der Waals surface area contributed by atoms with Gasteiger partial charge in [-0.3, -0.25) is 0 Å². The predicted molar refractivity (Wildman–Crippen MR) is 96.6 cm³/mol. The van der Waals surface area contributed by atoms with Gasteiger partial charge in [-0.2, -0.15) is 0 Å². The Kier molecular flexibility index (Phi) is 10.6. The molecule has 0 aromatic rings. The minimum Gasteiger partial charge on any atom is -0.397 e. The molecule has 0 radical (unpaired) electrons. The van der Waals surface area contributed by atoms with E-state index in [1.807, 2.05) is 0 Å². The van der Waals surface area contributed by atoms with Crippen LogP contribution in [0.4, 0.5) is 0 Å². The van der Waals surface area contributed by atoms with Gasteiger partial charge in [0.15, 0.2) is 0 Å². The molecule has 124 valence electrons. The predicted octanol–water partition coefficient (Wildman–Crippen LogP) is 2.55. The van der Waals surface area contributed by atoms with E-state index in [0.717, 1.165) is 0 Å². The fourth-order valence-electron chi connectivity index (χ4n) is 2.68. The Morgan fingerprint density at radius 1 is 0.762 bits per heavy atom. The Labute approximate surface area is 134 Å². The lowest BCUT2D eigenvalue weighted by molar-refractivity contribution is 0.287. The van der Waals surface area contributed by atoms with Gasteiger partial charge in [0.1, 0.15) is 8.07 Å². The first-order chi connectivity index (χ1) is 9.93. The van der Waals surface area contributed by atoms with Crippen molar-refractivity contribution < 1.29 is 17.7 Å². The van der Waals surface area contributed by atoms with Crippen LogP contribution in [0.1, 0.15) is 27.7 Å². The van der Waals surface area contributed by atoms with Crippen LogP contribution >= 0.6 is 0 Å². The van der Waals surface area contributed by atoms with Gasteiger partial charge >= 0.3 is 18.6 Å². The smallest absolute Gasteiger partial charge is 0.350 e. The lowest BCUT2D eigenvalue weighted by Gasteiger charge is -2.26. The summed E-state index contributed by atoms with van der Waals surface area (Å²) in [6, 6.07) is 2.34. The second-order valence-electron chi connectivity index (χ2n) is 5.32. The maximum absolute atomic E-state index is 5.50. The summed E-state index contributed by atoms with van der Waals surface area (Å²) in [4.78, 5) is 0. The zero-order chi connectivity index (χ0) is 16.5. The van der Waals surface area contributed by atoms with Gasteiger partial charge in [0.05, 0.1) is 0 Å². The first kappa shape index (κ1) is 21.0. The molecule has 0 aliphatic carbocycles. The highest BCUT2D eigenvalue weighted by molar-refractivity contribution is 6.90. The molecular formula is C14H32O4Si3. The molecule has 0 unspecified atom stereocenters. The molecule has 21 heavy (non-hydrogen) atoms. The van der Waals surface area contributed by atoms with Gasteiger partial charge in [0, 0.05) is 28.4 Å². The van der Waals surface area contributed by atoms with Gasteiger partial charge in [-0.15, -0.1) is 0 Å². The van der Waals surface area contributed by atoms with E-state index >= 15 is 0 Å². The van der Waals surface area contributed by atoms with Gasteiger partial charge in [0.2, 0.25) is 0 Å². The SMILES string of the molecule is CC[Si](C=C(C)[SiH](OC)OC)(C=C(C)[SiH](OC)OC)CC. The van der Waals surface area contributed by atoms with Crippen molar-refractivity contribution in [2.45, 2.75) is 39.8 Å². The average Bonchev–Trinajstić information content (AvgIpc) is 2.48. The van der Waals surface area contributed by atoms with Crippen LogP contribution in [-0.4, -0.2) is 55.1 Å². The summed E-state index contributed by atoms with van der Waals surface area (Å²) in [5, 5.41) is 2.57. The van der Waals surface area contributed by atoms with Crippen molar-refractivity contribution in [3.05, 3.63) is 21.8 Å². The summed E-state index contributed by atoms with van der Waals surface area (Å²) >= 11 is 0. The van der Waals surface area contributed by atoms with E-state index in [1.165, 1.54) is 22.5 Å². The van der Waals surface area contributed by atoms with Gasteiger partial charge in [-0.1, -0.05) is 37.3 Å². The molecule has 0 aliphatic rings. The summed E-state index contributed by atoms with van der Waals surface area (Å²) < 4.78 is 22.0. The van der Waals surface area contributed by atoms with Crippen LogP contribution in [-0.2, 0) is 17.7 Å². The highest BCUT2D eigenvalue weighted by atomic mass is 28.3.